The standard InChI is InChI=1S/C20H34N2O5Si/c1-12(2)28(13(3)4,14(5)6)27-16-15(17-21-10-11-25-17)22(18(16)23)19(24)26-20(7,8)9/h10-16H,1-9H3. The Balaban J connectivity index is 2.38. The van der Waals surface area contributed by atoms with Crippen molar-refractivity contribution < 1.29 is 23.2 Å². The van der Waals surface area contributed by atoms with E-state index in [0.29, 0.717) is 16.6 Å². The highest BCUT2D eigenvalue weighted by molar-refractivity contribution is 6.77. The second-order valence-corrected chi connectivity index (χ2v) is 14.8. The molecule has 1 aromatic heterocycles. The molecule has 1 fully saturated rings. The summed E-state index contributed by atoms with van der Waals surface area (Å²) >= 11 is 0. The lowest BCUT2D eigenvalue weighted by Crippen LogP contribution is -2.66. The highest BCUT2D eigenvalue weighted by Gasteiger charge is 2.60. The van der Waals surface area contributed by atoms with Crippen molar-refractivity contribution in [1.82, 2.24) is 9.88 Å². The van der Waals surface area contributed by atoms with Gasteiger partial charge in [-0.25, -0.2) is 14.7 Å². The third-order valence-electron chi connectivity index (χ3n) is 5.38. The van der Waals surface area contributed by atoms with Crippen LogP contribution in [0, 0.1) is 0 Å². The molecule has 2 rings (SSSR count). The van der Waals surface area contributed by atoms with Crippen molar-refractivity contribution in [2.45, 2.75) is 96.7 Å². The van der Waals surface area contributed by atoms with Gasteiger partial charge in [0.05, 0.1) is 6.20 Å². The van der Waals surface area contributed by atoms with Crippen LogP contribution in [0.25, 0.3) is 0 Å². The van der Waals surface area contributed by atoms with E-state index in [9.17, 15) is 9.59 Å². The topological polar surface area (TPSA) is 81.9 Å². The zero-order valence-electron chi connectivity index (χ0n) is 18.5. The third-order valence-corrected chi connectivity index (χ3v) is 11.5. The number of rotatable bonds is 6. The number of imide groups is 1. The van der Waals surface area contributed by atoms with Gasteiger partial charge in [-0.05, 0) is 37.4 Å². The highest BCUT2D eigenvalue weighted by atomic mass is 28.4. The first-order valence-corrected chi connectivity index (χ1v) is 12.1. The number of aromatic nitrogens is 1. The average Bonchev–Trinajstić information content (AvgIpc) is 3.03. The molecule has 8 heteroatoms. The summed E-state index contributed by atoms with van der Waals surface area (Å²) in [5, 5.41) is 0. The van der Waals surface area contributed by atoms with Gasteiger partial charge in [0, 0.05) is 0 Å². The Labute approximate surface area is 168 Å². The van der Waals surface area contributed by atoms with Crippen molar-refractivity contribution in [1.29, 1.82) is 0 Å². The van der Waals surface area contributed by atoms with Crippen molar-refractivity contribution in [3.63, 3.8) is 0 Å². The number of hydrogen-bond donors (Lipinski definition) is 0. The molecule has 7 nitrogen and oxygen atoms in total. The number of ether oxygens (including phenoxy) is 1. The molecule has 0 spiro atoms. The fraction of sp³-hybridized carbons (Fsp3) is 0.750. The number of carbonyl (C=O) groups is 2. The van der Waals surface area contributed by atoms with Crippen molar-refractivity contribution >= 4 is 20.3 Å². The second kappa shape index (κ2) is 7.98. The largest absolute Gasteiger partial charge is 0.447 e. The van der Waals surface area contributed by atoms with E-state index in [1.165, 1.54) is 12.5 Å². The van der Waals surface area contributed by atoms with Crippen LogP contribution in [0.15, 0.2) is 16.9 Å². The Morgan fingerprint density at radius 1 is 1.14 bits per heavy atom. The van der Waals surface area contributed by atoms with Gasteiger partial charge in [0.1, 0.15) is 11.9 Å². The SMILES string of the molecule is CC(C)[Si](OC1C(=O)N(C(=O)OC(C)(C)C)C1c1ncco1)(C(C)C)C(C)C. The maximum Gasteiger partial charge on any atom is 0.417 e. The van der Waals surface area contributed by atoms with Crippen molar-refractivity contribution in [3.8, 4) is 0 Å². The smallest absolute Gasteiger partial charge is 0.417 e. The van der Waals surface area contributed by atoms with Crippen LogP contribution in [0.1, 0.15) is 74.2 Å². The first-order valence-electron chi connectivity index (χ1n) is 9.96. The van der Waals surface area contributed by atoms with Crippen LogP contribution in [0.4, 0.5) is 4.79 Å². The summed E-state index contributed by atoms with van der Waals surface area (Å²) < 4.78 is 17.5. The lowest BCUT2D eigenvalue weighted by Gasteiger charge is -2.50. The van der Waals surface area contributed by atoms with E-state index in [-0.39, 0.29) is 5.89 Å². The predicted octanol–water partition coefficient (Wildman–Crippen LogP) is 5.05. The highest BCUT2D eigenvalue weighted by Crippen LogP contribution is 2.47. The molecule has 1 aliphatic heterocycles. The molecule has 2 atom stereocenters. The molecule has 1 saturated heterocycles. The fourth-order valence-electron chi connectivity index (χ4n) is 4.34. The molecule has 0 saturated carbocycles. The number of oxazole rings is 1. The lowest BCUT2D eigenvalue weighted by molar-refractivity contribution is -0.164. The van der Waals surface area contributed by atoms with E-state index in [0.717, 1.165) is 4.90 Å². The van der Waals surface area contributed by atoms with E-state index < -0.39 is 38.1 Å². The van der Waals surface area contributed by atoms with Gasteiger partial charge in [-0.15, -0.1) is 0 Å². The van der Waals surface area contributed by atoms with Gasteiger partial charge in [-0.1, -0.05) is 41.5 Å². The average molecular weight is 411 g/mol. The van der Waals surface area contributed by atoms with Gasteiger partial charge in [0.2, 0.25) is 14.2 Å². The minimum atomic E-state index is -2.34. The number of β-lactam (4-membered cyclic amide) rings is 1. The molecular weight excluding hydrogens is 376 g/mol. The molecule has 0 radical (unpaired) electrons. The Hall–Kier alpha value is -1.67. The zero-order chi connectivity index (χ0) is 21.4. The summed E-state index contributed by atoms with van der Waals surface area (Å²) in [5.41, 5.74) is 0.208. The summed E-state index contributed by atoms with van der Waals surface area (Å²) in [5.74, 6) is -0.106. The van der Waals surface area contributed by atoms with E-state index >= 15 is 0 Å². The Kier molecular flexibility index (Phi) is 6.45. The van der Waals surface area contributed by atoms with Gasteiger partial charge < -0.3 is 13.6 Å². The summed E-state index contributed by atoms with van der Waals surface area (Å²) in [6.07, 6.45) is 1.44. The molecule has 0 N–H and O–H groups in total. The minimum Gasteiger partial charge on any atom is -0.447 e. The molecule has 0 aliphatic carbocycles. The first-order chi connectivity index (χ1) is 12.8. The zero-order valence-corrected chi connectivity index (χ0v) is 19.5. The number of hydrogen-bond acceptors (Lipinski definition) is 6. The number of likely N-dealkylation sites (tertiary alicyclic amines) is 1. The van der Waals surface area contributed by atoms with Crippen LogP contribution in [-0.4, -0.2) is 41.9 Å². The normalized spacial score (nSPS) is 20.9. The maximum atomic E-state index is 13.0. The molecule has 0 bridgehead atoms. The van der Waals surface area contributed by atoms with Crippen LogP contribution in [-0.2, 0) is 14.0 Å². The van der Waals surface area contributed by atoms with Crippen molar-refractivity contribution in [3.05, 3.63) is 18.4 Å². The number of carbonyl (C=O) groups excluding carboxylic acids is 2. The summed E-state index contributed by atoms with van der Waals surface area (Å²) in [7, 11) is -2.34. The molecule has 158 valence electrons. The number of nitrogens with zero attached hydrogens (tertiary/aromatic N) is 2. The van der Waals surface area contributed by atoms with Crippen LogP contribution in [0.3, 0.4) is 0 Å². The number of amides is 2. The fourth-order valence-corrected chi connectivity index (χ4v) is 9.83. The summed E-state index contributed by atoms with van der Waals surface area (Å²) in [6, 6.07) is -0.708. The molecule has 2 amide bonds. The first kappa shape index (κ1) is 22.6. The minimum absolute atomic E-state index is 0.287. The van der Waals surface area contributed by atoms with Gasteiger partial charge in [-0.2, -0.15) is 0 Å². The van der Waals surface area contributed by atoms with Gasteiger partial charge in [0.15, 0.2) is 12.1 Å². The molecule has 2 heterocycles. The molecule has 28 heavy (non-hydrogen) atoms. The van der Waals surface area contributed by atoms with E-state index in [1.807, 2.05) is 0 Å². The van der Waals surface area contributed by atoms with E-state index in [1.54, 1.807) is 20.8 Å². The van der Waals surface area contributed by atoms with Crippen LogP contribution in [0.2, 0.25) is 16.6 Å². The Morgan fingerprint density at radius 2 is 1.68 bits per heavy atom. The quantitative estimate of drug-likeness (QED) is 0.482. The van der Waals surface area contributed by atoms with Crippen molar-refractivity contribution in [2.24, 2.45) is 0 Å². The second-order valence-electron chi connectivity index (χ2n) is 9.36. The summed E-state index contributed by atoms with van der Waals surface area (Å²) in [6.45, 7) is 18.2. The van der Waals surface area contributed by atoms with Crippen molar-refractivity contribution in [2.75, 3.05) is 0 Å². The molecule has 1 aromatic rings. The molecular formula is C20H34N2O5Si. The van der Waals surface area contributed by atoms with Crippen LogP contribution < -0.4 is 0 Å². The maximum absolute atomic E-state index is 13.0. The van der Waals surface area contributed by atoms with Gasteiger partial charge >= 0.3 is 6.09 Å². The summed E-state index contributed by atoms with van der Waals surface area (Å²) in [4.78, 5) is 30.9. The monoisotopic (exact) mass is 410 g/mol. The van der Waals surface area contributed by atoms with Crippen LogP contribution >= 0.6 is 0 Å². The molecule has 2 unspecified atom stereocenters. The van der Waals surface area contributed by atoms with Crippen LogP contribution in [0.5, 0.6) is 0 Å². The Morgan fingerprint density at radius 3 is 2.07 bits per heavy atom. The van der Waals surface area contributed by atoms with Gasteiger partial charge in [0.25, 0.3) is 5.91 Å². The van der Waals surface area contributed by atoms with E-state index in [2.05, 4.69) is 46.5 Å². The predicted molar refractivity (Wildman–Crippen MR) is 108 cm³/mol. The lowest BCUT2D eigenvalue weighted by atomic mass is 9.99. The van der Waals surface area contributed by atoms with Gasteiger partial charge in [-0.3, -0.25) is 4.79 Å². The molecule has 0 aromatic carbocycles. The third kappa shape index (κ3) is 4.03. The molecule has 1 aliphatic rings. The Bertz CT molecular complexity index is 672. The van der Waals surface area contributed by atoms with E-state index in [4.69, 9.17) is 13.6 Å².